The molecule has 5 heteroatoms. The van der Waals surface area contributed by atoms with E-state index >= 15 is 0 Å². The molecule has 0 atom stereocenters. The molecule has 0 aliphatic heterocycles. The summed E-state index contributed by atoms with van der Waals surface area (Å²) in [4.78, 5) is 14.8. The third kappa shape index (κ3) is 1.80. The van der Waals surface area contributed by atoms with Gasteiger partial charge in [0.1, 0.15) is 5.69 Å². The number of amides is 1. The molecule has 1 amide bonds. The van der Waals surface area contributed by atoms with Crippen LogP contribution >= 0.6 is 15.9 Å². The predicted octanol–water partition coefficient (Wildman–Crippen LogP) is 0.756. The second kappa shape index (κ2) is 3.64. The van der Waals surface area contributed by atoms with Crippen molar-refractivity contribution in [3.05, 3.63) is 28.0 Å². The zero-order valence-corrected chi connectivity index (χ0v) is 8.05. The van der Waals surface area contributed by atoms with E-state index in [2.05, 4.69) is 20.9 Å². The second-order valence-electron chi connectivity index (χ2n) is 2.29. The van der Waals surface area contributed by atoms with E-state index in [0.717, 1.165) is 10.0 Å². The van der Waals surface area contributed by atoms with E-state index in [1.165, 1.54) is 0 Å². The quantitative estimate of drug-likeness (QED) is 0.425. The number of nitrogen functional groups attached to an aromatic ring is 1. The minimum absolute atomic E-state index is 0.318. The van der Waals surface area contributed by atoms with Gasteiger partial charge < -0.3 is 0 Å². The molecule has 1 rings (SSSR count). The number of rotatable bonds is 1. The van der Waals surface area contributed by atoms with Gasteiger partial charge >= 0.3 is 0 Å². The zero-order chi connectivity index (χ0) is 9.14. The topological polar surface area (TPSA) is 68.0 Å². The van der Waals surface area contributed by atoms with Gasteiger partial charge in [0.25, 0.3) is 5.91 Å². The van der Waals surface area contributed by atoms with Gasteiger partial charge in [-0.05, 0) is 34.5 Å². The van der Waals surface area contributed by atoms with Crippen molar-refractivity contribution >= 4 is 21.8 Å². The minimum Gasteiger partial charge on any atom is -0.289 e. The molecule has 64 valence electrons. The Balaban J connectivity index is 3.05. The van der Waals surface area contributed by atoms with Gasteiger partial charge in [-0.3, -0.25) is 10.2 Å². The molecule has 0 spiro atoms. The summed E-state index contributed by atoms with van der Waals surface area (Å²) in [6.45, 7) is 1.87. The number of nitrogens with one attached hydrogen (secondary N) is 1. The number of nitrogens with two attached hydrogens (primary N) is 1. The van der Waals surface area contributed by atoms with Gasteiger partial charge in [0.05, 0.1) is 0 Å². The molecule has 0 radical (unpaired) electrons. The lowest BCUT2D eigenvalue weighted by atomic mass is 10.2. The molecule has 0 unspecified atom stereocenters. The highest BCUT2D eigenvalue weighted by atomic mass is 79.9. The predicted molar refractivity (Wildman–Crippen MR) is 48.3 cm³/mol. The van der Waals surface area contributed by atoms with Crippen LogP contribution in [0.2, 0.25) is 0 Å². The lowest BCUT2D eigenvalue weighted by Crippen LogP contribution is -2.30. The second-order valence-corrected chi connectivity index (χ2v) is 3.15. The molecule has 0 aromatic carbocycles. The maximum atomic E-state index is 11.0. The molecule has 0 saturated heterocycles. The Morgan fingerprint density at radius 1 is 1.75 bits per heavy atom. The fourth-order valence-corrected chi connectivity index (χ4v) is 0.954. The Kier molecular flexibility index (Phi) is 2.78. The monoisotopic (exact) mass is 229 g/mol. The summed E-state index contributed by atoms with van der Waals surface area (Å²) in [6.07, 6.45) is 1.57. The number of halogens is 1. The van der Waals surface area contributed by atoms with Crippen molar-refractivity contribution in [3.63, 3.8) is 0 Å². The van der Waals surface area contributed by atoms with Crippen molar-refractivity contribution in [1.29, 1.82) is 0 Å². The van der Waals surface area contributed by atoms with Crippen molar-refractivity contribution in [2.75, 3.05) is 0 Å². The fraction of sp³-hybridized carbons (Fsp3) is 0.143. The Morgan fingerprint density at radius 2 is 2.42 bits per heavy atom. The summed E-state index contributed by atoms with van der Waals surface area (Å²) in [5, 5.41) is 0. The molecule has 0 fully saturated rings. The van der Waals surface area contributed by atoms with Crippen LogP contribution < -0.4 is 11.3 Å². The Bertz CT molecular complexity index is 314. The average Bonchev–Trinajstić information content (AvgIpc) is 2.08. The number of carbonyl (C=O) groups excluding carboxylic acids is 1. The maximum absolute atomic E-state index is 11.0. The summed E-state index contributed by atoms with van der Waals surface area (Å²) in [5.74, 6) is 4.56. The number of aromatic nitrogens is 1. The van der Waals surface area contributed by atoms with Crippen molar-refractivity contribution < 1.29 is 4.79 Å². The molecule has 0 aliphatic rings. The number of hydrogen-bond donors (Lipinski definition) is 2. The molecule has 1 aromatic rings. The number of nitrogens with zero attached hydrogens (tertiary/aromatic N) is 1. The van der Waals surface area contributed by atoms with Crippen molar-refractivity contribution in [1.82, 2.24) is 10.4 Å². The minimum atomic E-state index is -0.384. The molecular weight excluding hydrogens is 222 g/mol. The van der Waals surface area contributed by atoms with Crippen LogP contribution in [0, 0.1) is 6.92 Å². The smallest absolute Gasteiger partial charge is 0.283 e. The van der Waals surface area contributed by atoms with Crippen molar-refractivity contribution in [2.24, 2.45) is 5.84 Å². The van der Waals surface area contributed by atoms with Crippen molar-refractivity contribution in [2.45, 2.75) is 6.92 Å². The molecule has 0 aliphatic carbocycles. The SMILES string of the molecule is Cc1cc(C(=O)NN)ncc1Br. The third-order valence-corrected chi connectivity index (χ3v) is 2.24. The number of aryl methyl sites for hydroxylation is 1. The molecule has 1 heterocycles. The Hall–Kier alpha value is -0.940. The van der Waals surface area contributed by atoms with Crippen LogP contribution in [0.25, 0.3) is 0 Å². The van der Waals surface area contributed by atoms with Gasteiger partial charge in [0.15, 0.2) is 0 Å². The number of pyridine rings is 1. The fourth-order valence-electron chi connectivity index (χ4n) is 0.737. The first kappa shape index (κ1) is 9.15. The van der Waals surface area contributed by atoms with Crippen LogP contribution in [0.4, 0.5) is 0 Å². The Labute approximate surface area is 78.3 Å². The Morgan fingerprint density at radius 3 is 2.92 bits per heavy atom. The van der Waals surface area contributed by atoms with Gasteiger partial charge in [-0.15, -0.1) is 0 Å². The molecule has 4 nitrogen and oxygen atoms in total. The van der Waals surface area contributed by atoms with Crippen molar-refractivity contribution in [3.8, 4) is 0 Å². The summed E-state index contributed by atoms with van der Waals surface area (Å²) in [5.41, 5.74) is 3.28. The lowest BCUT2D eigenvalue weighted by Gasteiger charge is -2.00. The number of carbonyl (C=O) groups is 1. The summed E-state index contributed by atoms with van der Waals surface area (Å²) >= 11 is 3.27. The molecule has 12 heavy (non-hydrogen) atoms. The largest absolute Gasteiger partial charge is 0.289 e. The van der Waals surface area contributed by atoms with Crippen LogP contribution in [-0.2, 0) is 0 Å². The van der Waals surface area contributed by atoms with Crippen LogP contribution in [0.5, 0.6) is 0 Å². The molecular formula is C7H8BrN3O. The van der Waals surface area contributed by atoms with E-state index in [-0.39, 0.29) is 5.91 Å². The van der Waals surface area contributed by atoms with E-state index in [1.807, 2.05) is 12.3 Å². The third-order valence-electron chi connectivity index (χ3n) is 1.41. The summed E-state index contributed by atoms with van der Waals surface area (Å²) < 4.78 is 0.871. The molecule has 3 N–H and O–H groups in total. The molecule has 0 saturated carbocycles. The highest BCUT2D eigenvalue weighted by Gasteiger charge is 2.05. The number of hydrazine groups is 1. The van der Waals surface area contributed by atoms with E-state index in [1.54, 1.807) is 12.3 Å². The van der Waals surface area contributed by atoms with Gasteiger partial charge in [-0.1, -0.05) is 0 Å². The van der Waals surface area contributed by atoms with E-state index < -0.39 is 0 Å². The first-order chi connectivity index (χ1) is 5.65. The first-order valence-electron chi connectivity index (χ1n) is 3.28. The molecule has 1 aromatic heterocycles. The zero-order valence-electron chi connectivity index (χ0n) is 6.47. The summed E-state index contributed by atoms with van der Waals surface area (Å²) in [7, 11) is 0. The average molecular weight is 230 g/mol. The number of hydrogen-bond acceptors (Lipinski definition) is 3. The van der Waals surface area contributed by atoms with Crippen LogP contribution in [0.15, 0.2) is 16.7 Å². The summed E-state index contributed by atoms with van der Waals surface area (Å²) in [6, 6.07) is 1.66. The van der Waals surface area contributed by atoms with E-state index in [0.29, 0.717) is 5.69 Å². The van der Waals surface area contributed by atoms with E-state index in [4.69, 9.17) is 5.84 Å². The lowest BCUT2D eigenvalue weighted by molar-refractivity contribution is 0.0948. The molecule has 0 bridgehead atoms. The van der Waals surface area contributed by atoms with Gasteiger partial charge in [0, 0.05) is 10.7 Å². The van der Waals surface area contributed by atoms with E-state index in [9.17, 15) is 4.79 Å². The standard InChI is InChI=1S/C7H8BrN3O/c1-4-2-6(7(12)11-9)10-3-5(4)8/h2-3H,9H2,1H3,(H,11,12). The van der Waals surface area contributed by atoms with Crippen LogP contribution in [0.1, 0.15) is 16.1 Å². The normalized spacial score (nSPS) is 9.58. The first-order valence-corrected chi connectivity index (χ1v) is 4.07. The van der Waals surface area contributed by atoms with Crippen LogP contribution in [-0.4, -0.2) is 10.9 Å². The highest BCUT2D eigenvalue weighted by molar-refractivity contribution is 9.10. The highest BCUT2D eigenvalue weighted by Crippen LogP contribution is 2.14. The maximum Gasteiger partial charge on any atom is 0.283 e. The van der Waals surface area contributed by atoms with Gasteiger partial charge in [0.2, 0.25) is 0 Å². The van der Waals surface area contributed by atoms with Gasteiger partial charge in [-0.25, -0.2) is 10.8 Å². The van der Waals surface area contributed by atoms with Crippen LogP contribution in [0.3, 0.4) is 0 Å². The van der Waals surface area contributed by atoms with Gasteiger partial charge in [-0.2, -0.15) is 0 Å².